The van der Waals surface area contributed by atoms with E-state index in [4.69, 9.17) is 17.2 Å². The number of thioether (sulfide) groups is 1. The van der Waals surface area contributed by atoms with Gasteiger partial charge >= 0.3 is 0 Å². The van der Waals surface area contributed by atoms with Gasteiger partial charge in [-0.1, -0.05) is 6.07 Å². The number of anilines is 3. The zero-order chi connectivity index (χ0) is 24.6. The van der Waals surface area contributed by atoms with E-state index in [2.05, 4.69) is 42.3 Å². The van der Waals surface area contributed by atoms with E-state index < -0.39 is 0 Å². The van der Waals surface area contributed by atoms with Crippen molar-refractivity contribution in [3.05, 3.63) is 47.8 Å². The Morgan fingerprint density at radius 2 is 1.97 bits per heavy atom. The highest BCUT2D eigenvalue weighted by Crippen LogP contribution is 2.51. The predicted octanol–water partition coefficient (Wildman–Crippen LogP) is 2.86. The molecule has 1 aliphatic heterocycles. The Bertz CT molecular complexity index is 1260. The lowest BCUT2D eigenvalue weighted by atomic mass is 9.73. The van der Waals surface area contributed by atoms with Crippen molar-refractivity contribution in [3.63, 3.8) is 0 Å². The average molecular weight is 510 g/mol. The Balaban J connectivity index is 1.26. The molecule has 35 heavy (non-hydrogen) atoms. The number of benzene rings is 1. The molecule has 2 aliphatic rings. The van der Waals surface area contributed by atoms with Gasteiger partial charge in [-0.3, -0.25) is 4.79 Å². The van der Waals surface area contributed by atoms with Gasteiger partial charge in [-0.2, -0.15) is 0 Å². The molecule has 0 bridgehead atoms. The molecule has 182 valence electrons. The summed E-state index contributed by atoms with van der Waals surface area (Å²) in [7, 11) is 1.63. The summed E-state index contributed by atoms with van der Waals surface area (Å²) in [6.07, 6.45) is 6.19. The molecule has 2 aromatic heterocycles. The summed E-state index contributed by atoms with van der Waals surface area (Å²) < 4.78 is 0. The molecule has 1 aliphatic carbocycles. The van der Waals surface area contributed by atoms with Crippen LogP contribution in [0, 0.1) is 5.41 Å². The van der Waals surface area contributed by atoms with Gasteiger partial charge in [0.1, 0.15) is 15.9 Å². The number of carbonyl (C=O) groups is 1. The van der Waals surface area contributed by atoms with E-state index in [0.29, 0.717) is 15.9 Å². The standard InChI is InChI=1S/C23H27N9OS2/c1-27-22(33)34-14-3-2-13-11-23(18(24)15(13)10-14)5-8-32(9-6-23)16-12-29-20(19(25)30-16)35-17-4-7-28-21(26)31-17/h2-4,7,10,12,18H,5-6,8-9,11,24H2,1H3,(H2,25,30)(H,27,33)(H2,26,28,31)/t18-/m1/s1. The van der Waals surface area contributed by atoms with Crippen LogP contribution in [0.15, 0.2) is 51.6 Å². The minimum Gasteiger partial charge on any atom is -0.381 e. The summed E-state index contributed by atoms with van der Waals surface area (Å²) in [5.41, 5.74) is 21.1. The van der Waals surface area contributed by atoms with Crippen LogP contribution < -0.4 is 27.4 Å². The molecular formula is C23H27N9OS2. The fourth-order valence-electron chi connectivity index (χ4n) is 4.86. The number of nitrogens with zero attached hydrogens (tertiary/aromatic N) is 5. The van der Waals surface area contributed by atoms with Crippen molar-refractivity contribution < 1.29 is 4.79 Å². The zero-order valence-electron chi connectivity index (χ0n) is 19.3. The molecule has 1 spiro atoms. The first-order chi connectivity index (χ1) is 16.9. The molecular weight excluding hydrogens is 482 g/mol. The summed E-state index contributed by atoms with van der Waals surface area (Å²) in [4.78, 5) is 32.1. The number of fused-ring (bicyclic) bond motifs is 1. The minimum atomic E-state index is -0.0782. The number of nitrogens with two attached hydrogens (primary N) is 3. The fourth-order valence-corrected chi connectivity index (χ4v) is 6.22. The van der Waals surface area contributed by atoms with Crippen LogP contribution in [-0.4, -0.2) is 45.3 Å². The van der Waals surface area contributed by atoms with Crippen LogP contribution >= 0.6 is 23.5 Å². The number of piperidine rings is 1. The number of hydrogen-bond acceptors (Lipinski definition) is 11. The van der Waals surface area contributed by atoms with Gasteiger partial charge in [0, 0.05) is 37.3 Å². The van der Waals surface area contributed by atoms with Crippen LogP contribution in [0.1, 0.15) is 30.0 Å². The van der Waals surface area contributed by atoms with Gasteiger partial charge < -0.3 is 27.4 Å². The SMILES string of the molecule is CNC(=O)Sc1ccc2c(c1)[C@@H](N)C1(CCN(c3cnc(Sc4ccnc(N)n4)c(N)n3)CC1)C2. The molecule has 5 rings (SSSR count). The molecule has 0 unspecified atom stereocenters. The summed E-state index contributed by atoms with van der Waals surface area (Å²) >= 11 is 2.50. The fraction of sp³-hybridized carbons (Fsp3) is 0.348. The van der Waals surface area contributed by atoms with E-state index in [-0.39, 0.29) is 22.6 Å². The predicted molar refractivity (Wildman–Crippen MR) is 138 cm³/mol. The molecule has 0 radical (unpaired) electrons. The number of amides is 1. The molecule has 1 amide bonds. The van der Waals surface area contributed by atoms with Crippen molar-refractivity contribution >= 4 is 46.3 Å². The number of carbonyl (C=O) groups excluding carboxylic acids is 1. The Kier molecular flexibility index (Phi) is 6.43. The van der Waals surface area contributed by atoms with E-state index >= 15 is 0 Å². The van der Waals surface area contributed by atoms with Crippen LogP contribution in [0.3, 0.4) is 0 Å². The van der Waals surface area contributed by atoms with Gasteiger partial charge in [0.05, 0.1) is 6.20 Å². The van der Waals surface area contributed by atoms with Gasteiger partial charge in [-0.05, 0) is 77.5 Å². The van der Waals surface area contributed by atoms with Crippen molar-refractivity contribution in [2.24, 2.45) is 11.1 Å². The third-order valence-corrected chi connectivity index (χ3v) is 8.58. The van der Waals surface area contributed by atoms with Gasteiger partial charge in [0.15, 0.2) is 5.82 Å². The van der Waals surface area contributed by atoms with Crippen molar-refractivity contribution in [2.45, 2.75) is 40.3 Å². The third kappa shape index (κ3) is 4.73. The van der Waals surface area contributed by atoms with Crippen LogP contribution in [0.4, 0.5) is 22.4 Å². The maximum atomic E-state index is 11.8. The Hall–Kier alpha value is -3.09. The maximum absolute atomic E-state index is 11.8. The van der Waals surface area contributed by atoms with E-state index in [1.54, 1.807) is 25.5 Å². The molecule has 12 heteroatoms. The second-order valence-electron chi connectivity index (χ2n) is 8.78. The largest absolute Gasteiger partial charge is 0.381 e. The number of aromatic nitrogens is 4. The zero-order valence-corrected chi connectivity index (χ0v) is 20.9. The van der Waals surface area contributed by atoms with E-state index in [0.717, 1.165) is 48.6 Å². The van der Waals surface area contributed by atoms with E-state index in [1.807, 2.05) is 6.07 Å². The lowest BCUT2D eigenvalue weighted by Gasteiger charge is -2.42. The second-order valence-corrected chi connectivity index (χ2v) is 10.8. The summed E-state index contributed by atoms with van der Waals surface area (Å²) in [5, 5.41) is 3.82. The lowest BCUT2D eigenvalue weighted by molar-refractivity contribution is 0.187. The minimum absolute atomic E-state index is 0.0108. The maximum Gasteiger partial charge on any atom is 0.283 e. The van der Waals surface area contributed by atoms with Crippen molar-refractivity contribution in [1.82, 2.24) is 25.3 Å². The Labute approximate surface area is 211 Å². The number of nitrogen functional groups attached to an aromatic ring is 2. The summed E-state index contributed by atoms with van der Waals surface area (Å²) in [6.45, 7) is 1.65. The highest BCUT2D eigenvalue weighted by molar-refractivity contribution is 8.13. The number of hydrogen-bond donors (Lipinski definition) is 4. The highest BCUT2D eigenvalue weighted by Gasteiger charge is 2.46. The quantitative estimate of drug-likeness (QED) is 0.302. The van der Waals surface area contributed by atoms with Crippen molar-refractivity contribution in [2.75, 3.05) is 36.5 Å². The van der Waals surface area contributed by atoms with Gasteiger partial charge in [0.25, 0.3) is 5.24 Å². The molecule has 3 aromatic rings. The Morgan fingerprint density at radius 3 is 2.69 bits per heavy atom. The normalized spacial score (nSPS) is 18.5. The van der Waals surface area contributed by atoms with Crippen molar-refractivity contribution in [1.29, 1.82) is 0 Å². The molecule has 1 saturated heterocycles. The van der Waals surface area contributed by atoms with Crippen LogP contribution in [0.5, 0.6) is 0 Å². The van der Waals surface area contributed by atoms with Gasteiger partial charge in [-0.15, -0.1) is 0 Å². The Morgan fingerprint density at radius 1 is 1.17 bits per heavy atom. The monoisotopic (exact) mass is 509 g/mol. The van der Waals surface area contributed by atoms with Gasteiger partial charge in [-0.25, -0.2) is 19.9 Å². The number of rotatable bonds is 4. The molecule has 3 heterocycles. The second kappa shape index (κ2) is 9.51. The first kappa shape index (κ1) is 23.6. The first-order valence-electron chi connectivity index (χ1n) is 11.3. The lowest BCUT2D eigenvalue weighted by Crippen LogP contribution is -2.44. The van der Waals surface area contributed by atoms with E-state index in [1.165, 1.54) is 29.1 Å². The highest BCUT2D eigenvalue weighted by atomic mass is 32.2. The summed E-state index contributed by atoms with van der Waals surface area (Å²) in [6, 6.07) is 7.90. The molecule has 1 atom stereocenters. The smallest absolute Gasteiger partial charge is 0.283 e. The summed E-state index contributed by atoms with van der Waals surface area (Å²) in [5.74, 6) is 1.32. The topological polar surface area (TPSA) is 162 Å². The molecule has 1 aromatic carbocycles. The van der Waals surface area contributed by atoms with E-state index in [9.17, 15) is 4.79 Å². The van der Waals surface area contributed by atoms with Crippen molar-refractivity contribution in [3.8, 4) is 0 Å². The third-order valence-electron chi connectivity index (χ3n) is 6.75. The van der Waals surface area contributed by atoms with Crippen LogP contribution in [0.25, 0.3) is 0 Å². The van der Waals surface area contributed by atoms with Crippen LogP contribution in [-0.2, 0) is 6.42 Å². The molecule has 0 saturated carbocycles. The molecule has 10 nitrogen and oxygen atoms in total. The first-order valence-corrected chi connectivity index (χ1v) is 12.9. The number of nitrogens with one attached hydrogen (secondary N) is 1. The van der Waals surface area contributed by atoms with Gasteiger partial charge in [0.2, 0.25) is 5.95 Å². The molecule has 1 fully saturated rings. The molecule has 7 N–H and O–H groups in total. The average Bonchev–Trinajstić information content (AvgIpc) is 3.11. The van der Waals surface area contributed by atoms with Crippen LogP contribution in [0.2, 0.25) is 0 Å².